The highest BCUT2D eigenvalue weighted by atomic mass is 16.5. The van der Waals surface area contributed by atoms with Crippen LogP contribution in [0.5, 0.6) is 0 Å². The van der Waals surface area contributed by atoms with Gasteiger partial charge in [-0.15, -0.1) is 0 Å². The minimum atomic E-state index is 0.301. The predicted molar refractivity (Wildman–Crippen MR) is 87.7 cm³/mol. The maximum atomic E-state index is 6.14. The number of nitrogens with one attached hydrogen (secondary N) is 1. The fraction of sp³-hybridized carbons (Fsp3) is 0.684. The number of rotatable bonds is 6. The molecule has 1 heterocycles. The average molecular weight is 287 g/mol. The Bertz CT molecular complexity index is 463. The van der Waals surface area contributed by atoms with Crippen LogP contribution < -0.4 is 5.32 Å². The number of ether oxygens (including phenoxy) is 1. The van der Waals surface area contributed by atoms with Crippen molar-refractivity contribution in [3.8, 4) is 0 Å². The maximum absolute atomic E-state index is 6.14. The molecule has 1 aromatic rings. The highest BCUT2D eigenvalue weighted by molar-refractivity contribution is 5.26. The molecule has 1 aliphatic heterocycles. The molecule has 1 N–H and O–H groups in total. The van der Waals surface area contributed by atoms with Crippen LogP contribution >= 0.6 is 0 Å². The fourth-order valence-corrected chi connectivity index (χ4v) is 3.96. The van der Waals surface area contributed by atoms with Gasteiger partial charge in [0.1, 0.15) is 0 Å². The Morgan fingerprint density at radius 1 is 1.24 bits per heavy atom. The van der Waals surface area contributed by atoms with Crippen LogP contribution in [0.1, 0.15) is 50.2 Å². The first kappa shape index (κ1) is 15.1. The molecule has 2 heteroatoms. The summed E-state index contributed by atoms with van der Waals surface area (Å²) in [4.78, 5) is 0. The molecular formula is C19H29NO. The highest BCUT2D eigenvalue weighted by Gasteiger charge is 2.50. The summed E-state index contributed by atoms with van der Waals surface area (Å²) in [5.74, 6) is 1.43. The van der Waals surface area contributed by atoms with E-state index in [1.807, 2.05) is 0 Å². The van der Waals surface area contributed by atoms with Gasteiger partial charge in [0, 0.05) is 18.6 Å². The van der Waals surface area contributed by atoms with Gasteiger partial charge in [0.25, 0.3) is 0 Å². The molecule has 0 radical (unpaired) electrons. The van der Waals surface area contributed by atoms with E-state index in [0.717, 1.165) is 25.5 Å². The van der Waals surface area contributed by atoms with Crippen LogP contribution in [-0.4, -0.2) is 26.3 Å². The largest absolute Gasteiger partial charge is 0.377 e. The molecule has 21 heavy (non-hydrogen) atoms. The van der Waals surface area contributed by atoms with E-state index in [1.54, 1.807) is 0 Å². The van der Waals surface area contributed by atoms with E-state index in [4.69, 9.17) is 4.74 Å². The van der Waals surface area contributed by atoms with Crippen LogP contribution in [0.3, 0.4) is 0 Å². The van der Waals surface area contributed by atoms with E-state index in [-0.39, 0.29) is 0 Å². The molecule has 1 aliphatic carbocycles. The van der Waals surface area contributed by atoms with Crippen molar-refractivity contribution in [2.45, 2.75) is 51.6 Å². The zero-order valence-corrected chi connectivity index (χ0v) is 13.7. The third kappa shape index (κ3) is 3.17. The normalized spacial score (nSPS) is 29.2. The van der Waals surface area contributed by atoms with Gasteiger partial charge in [0.05, 0.1) is 6.10 Å². The summed E-state index contributed by atoms with van der Waals surface area (Å²) in [6.45, 7) is 6.52. The molecule has 1 aromatic carbocycles. The Labute approximate surface area is 129 Å². The van der Waals surface area contributed by atoms with E-state index >= 15 is 0 Å². The van der Waals surface area contributed by atoms with E-state index in [9.17, 15) is 0 Å². The van der Waals surface area contributed by atoms with Gasteiger partial charge in [0.15, 0.2) is 0 Å². The number of hydrogen-bond acceptors (Lipinski definition) is 2. The van der Waals surface area contributed by atoms with Crippen molar-refractivity contribution in [2.75, 3.05) is 20.2 Å². The minimum Gasteiger partial charge on any atom is -0.377 e. The summed E-state index contributed by atoms with van der Waals surface area (Å²) in [7, 11) is 2.08. The Morgan fingerprint density at radius 3 is 2.52 bits per heavy atom. The summed E-state index contributed by atoms with van der Waals surface area (Å²) in [6.07, 6.45) is 5.54. The third-order valence-electron chi connectivity index (χ3n) is 5.28. The lowest BCUT2D eigenvalue weighted by molar-refractivity contribution is 0.0314. The molecule has 0 amide bonds. The summed E-state index contributed by atoms with van der Waals surface area (Å²) in [5, 5.41) is 3.43. The SMILES string of the molecule is CNCC1(Cc2ccc(C(C)C)cc2)CCOC1C1CC1. The van der Waals surface area contributed by atoms with Crippen LogP contribution in [-0.2, 0) is 11.2 Å². The Morgan fingerprint density at radius 2 is 1.95 bits per heavy atom. The molecular weight excluding hydrogens is 258 g/mol. The summed E-state index contributed by atoms with van der Waals surface area (Å²) in [5.41, 5.74) is 3.20. The van der Waals surface area contributed by atoms with Crippen LogP contribution in [0.15, 0.2) is 24.3 Å². The predicted octanol–water partition coefficient (Wildman–Crippen LogP) is 3.76. The zero-order valence-electron chi connectivity index (χ0n) is 13.7. The van der Waals surface area contributed by atoms with Crippen LogP contribution in [0.4, 0.5) is 0 Å². The van der Waals surface area contributed by atoms with Gasteiger partial charge in [-0.2, -0.15) is 0 Å². The third-order valence-corrected chi connectivity index (χ3v) is 5.28. The molecule has 3 rings (SSSR count). The second-order valence-electron chi connectivity index (χ2n) is 7.34. The summed E-state index contributed by atoms with van der Waals surface area (Å²) >= 11 is 0. The molecule has 0 bridgehead atoms. The number of benzene rings is 1. The van der Waals surface area contributed by atoms with E-state index < -0.39 is 0 Å². The lowest BCUT2D eigenvalue weighted by atomic mass is 9.74. The van der Waals surface area contributed by atoms with Crippen molar-refractivity contribution < 1.29 is 4.74 Å². The second kappa shape index (κ2) is 6.10. The monoisotopic (exact) mass is 287 g/mol. The van der Waals surface area contributed by atoms with Crippen molar-refractivity contribution in [2.24, 2.45) is 11.3 Å². The van der Waals surface area contributed by atoms with Gasteiger partial charge < -0.3 is 10.1 Å². The molecule has 2 fully saturated rings. The van der Waals surface area contributed by atoms with Gasteiger partial charge in [-0.25, -0.2) is 0 Å². The van der Waals surface area contributed by atoms with Crippen molar-refractivity contribution >= 4 is 0 Å². The quantitative estimate of drug-likeness (QED) is 0.860. The molecule has 1 saturated carbocycles. The van der Waals surface area contributed by atoms with E-state index in [2.05, 4.69) is 50.5 Å². The first-order chi connectivity index (χ1) is 10.1. The van der Waals surface area contributed by atoms with Crippen molar-refractivity contribution in [3.05, 3.63) is 35.4 Å². The lowest BCUT2D eigenvalue weighted by Crippen LogP contribution is -2.42. The average Bonchev–Trinajstić information content (AvgIpc) is 3.22. The molecule has 2 atom stereocenters. The second-order valence-corrected chi connectivity index (χ2v) is 7.34. The molecule has 0 aromatic heterocycles. The molecule has 2 unspecified atom stereocenters. The van der Waals surface area contributed by atoms with Crippen molar-refractivity contribution in [3.63, 3.8) is 0 Å². The lowest BCUT2D eigenvalue weighted by Gasteiger charge is -2.34. The highest BCUT2D eigenvalue weighted by Crippen LogP contribution is 2.49. The minimum absolute atomic E-state index is 0.301. The smallest absolute Gasteiger partial charge is 0.0675 e. The molecule has 2 aliphatic rings. The summed E-state index contributed by atoms with van der Waals surface area (Å²) < 4.78 is 6.14. The summed E-state index contributed by atoms with van der Waals surface area (Å²) in [6, 6.07) is 9.26. The Hall–Kier alpha value is -0.860. The van der Waals surface area contributed by atoms with Gasteiger partial charge in [-0.1, -0.05) is 38.1 Å². The van der Waals surface area contributed by atoms with Gasteiger partial charge in [-0.3, -0.25) is 0 Å². The molecule has 0 spiro atoms. The van der Waals surface area contributed by atoms with Crippen LogP contribution in [0, 0.1) is 11.3 Å². The zero-order chi connectivity index (χ0) is 14.9. The molecule has 1 saturated heterocycles. The molecule has 116 valence electrons. The molecule has 2 nitrogen and oxygen atoms in total. The van der Waals surface area contributed by atoms with Crippen LogP contribution in [0.25, 0.3) is 0 Å². The number of hydrogen-bond donors (Lipinski definition) is 1. The first-order valence-electron chi connectivity index (χ1n) is 8.50. The Kier molecular flexibility index (Phi) is 4.37. The van der Waals surface area contributed by atoms with Gasteiger partial charge in [-0.05, 0) is 55.7 Å². The topological polar surface area (TPSA) is 21.3 Å². The van der Waals surface area contributed by atoms with Crippen molar-refractivity contribution in [1.29, 1.82) is 0 Å². The standard InChI is InChI=1S/C19H29NO/c1-14(2)16-6-4-15(5-7-16)12-19(13-20-3)10-11-21-18(19)17-8-9-17/h4-7,14,17-18,20H,8-13H2,1-3H3. The maximum Gasteiger partial charge on any atom is 0.0675 e. The van der Waals surface area contributed by atoms with Gasteiger partial charge in [0.2, 0.25) is 0 Å². The van der Waals surface area contributed by atoms with Crippen LogP contribution in [0.2, 0.25) is 0 Å². The van der Waals surface area contributed by atoms with Crippen molar-refractivity contribution in [1.82, 2.24) is 5.32 Å². The first-order valence-corrected chi connectivity index (χ1v) is 8.50. The Balaban J connectivity index is 1.78. The van der Waals surface area contributed by atoms with E-state index in [0.29, 0.717) is 17.4 Å². The van der Waals surface area contributed by atoms with Gasteiger partial charge >= 0.3 is 0 Å². The van der Waals surface area contributed by atoms with E-state index in [1.165, 1.54) is 30.4 Å². The fourth-order valence-electron chi connectivity index (χ4n) is 3.96.